The molecule has 0 fully saturated rings. The van der Waals surface area contributed by atoms with Crippen LogP contribution < -0.4 is 5.73 Å². The predicted octanol–water partition coefficient (Wildman–Crippen LogP) is -0.0166. The molecule has 0 atom stereocenters. The zero-order valence-electron chi connectivity index (χ0n) is 6.32. The molecule has 0 radical (unpaired) electrons. The van der Waals surface area contributed by atoms with Gasteiger partial charge in [-0.25, -0.2) is 0 Å². The van der Waals surface area contributed by atoms with Crippen LogP contribution in [0.25, 0.3) is 0 Å². The van der Waals surface area contributed by atoms with Crippen molar-refractivity contribution >= 4 is 5.91 Å². The van der Waals surface area contributed by atoms with Gasteiger partial charge in [0.1, 0.15) is 5.75 Å². The lowest BCUT2D eigenvalue weighted by atomic mass is 10.1. The Bertz CT molecular complexity index is 309. The fourth-order valence-electron chi connectivity index (χ4n) is 0.918. The number of amides is 1. The maximum atomic E-state index is 10.7. The molecule has 1 aromatic carbocycles. The maximum absolute atomic E-state index is 10.7. The Morgan fingerprint density at radius 3 is 2.67 bits per heavy atom. The first-order chi connectivity index (χ1) is 5.66. The summed E-state index contributed by atoms with van der Waals surface area (Å²) in [5, 5.41) is 18.0. The molecule has 0 aliphatic carbocycles. The van der Waals surface area contributed by atoms with Crippen LogP contribution in [0.1, 0.15) is 15.9 Å². The van der Waals surface area contributed by atoms with E-state index in [1.165, 1.54) is 12.1 Å². The number of aromatic hydroxyl groups is 1. The first-order valence-corrected chi connectivity index (χ1v) is 3.38. The van der Waals surface area contributed by atoms with E-state index in [9.17, 15) is 9.90 Å². The lowest BCUT2D eigenvalue weighted by Gasteiger charge is -2.03. The molecule has 0 aliphatic heterocycles. The number of carbonyl (C=O) groups is 1. The van der Waals surface area contributed by atoms with E-state index < -0.39 is 5.91 Å². The van der Waals surface area contributed by atoms with Gasteiger partial charge in [-0.1, -0.05) is 12.1 Å². The molecule has 0 aromatic heterocycles. The average Bonchev–Trinajstić information content (AvgIpc) is 2.04. The number of para-hydroxylation sites is 1. The van der Waals surface area contributed by atoms with Crippen LogP contribution in [0.3, 0.4) is 0 Å². The molecule has 0 aliphatic rings. The quantitative estimate of drug-likeness (QED) is 0.579. The highest BCUT2D eigenvalue weighted by Gasteiger charge is 2.09. The maximum Gasteiger partial charge on any atom is 0.252 e. The smallest absolute Gasteiger partial charge is 0.252 e. The standard InChI is InChI=1S/C8H9NO3/c9-8(12)6-3-1-2-5(4-10)7(6)11/h1-3,10-11H,4H2,(H2,9,12). The summed E-state index contributed by atoms with van der Waals surface area (Å²) in [4.78, 5) is 10.7. The minimum absolute atomic E-state index is 0.0292. The van der Waals surface area contributed by atoms with Gasteiger partial charge in [-0.2, -0.15) is 0 Å². The summed E-state index contributed by atoms with van der Waals surface area (Å²) in [5.74, 6) is -0.949. The third-order valence-corrected chi connectivity index (χ3v) is 1.56. The van der Waals surface area contributed by atoms with Crippen LogP contribution in [-0.2, 0) is 6.61 Å². The molecular formula is C8H9NO3. The van der Waals surface area contributed by atoms with E-state index >= 15 is 0 Å². The van der Waals surface area contributed by atoms with Crippen molar-refractivity contribution in [1.82, 2.24) is 0 Å². The summed E-state index contributed by atoms with van der Waals surface area (Å²) in [6.45, 7) is -0.313. The fraction of sp³-hybridized carbons (Fsp3) is 0.125. The van der Waals surface area contributed by atoms with Gasteiger partial charge in [-0.05, 0) is 6.07 Å². The van der Waals surface area contributed by atoms with Crippen molar-refractivity contribution < 1.29 is 15.0 Å². The number of primary amides is 1. The number of hydrogen-bond acceptors (Lipinski definition) is 3. The van der Waals surface area contributed by atoms with Gasteiger partial charge in [0, 0.05) is 5.56 Å². The Morgan fingerprint density at radius 2 is 2.17 bits per heavy atom. The van der Waals surface area contributed by atoms with Crippen LogP contribution in [0.4, 0.5) is 0 Å². The summed E-state index contributed by atoms with van der Waals surface area (Å²) < 4.78 is 0. The molecule has 0 saturated heterocycles. The fourth-order valence-corrected chi connectivity index (χ4v) is 0.918. The molecule has 1 rings (SSSR count). The molecule has 0 saturated carbocycles. The zero-order valence-corrected chi connectivity index (χ0v) is 6.32. The highest BCUT2D eigenvalue weighted by atomic mass is 16.3. The van der Waals surface area contributed by atoms with Crippen LogP contribution in [-0.4, -0.2) is 16.1 Å². The van der Waals surface area contributed by atoms with E-state index in [0.717, 1.165) is 0 Å². The number of nitrogens with two attached hydrogens (primary N) is 1. The van der Waals surface area contributed by atoms with Gasteiger partial charge in [-0.3, -0.25) is 4.79 Å². The van der Waals surface area contributed by atoms with Crippen LogP contribution in [0.2, 0.25) is 0 Å². The van der Waals surface area contributed by atoms with E-state index in [0.29, 0.717) is 5.56 Å². The second-order valence-electron chi connectivity index (χ2n) is 2.34. The number of carbonyl (C=O) groups excluding carboxylic acids is 1. The third-order valence-electron chi connectivity index (χ3n) is 1.56. The predicted molar refractivity (Wildman–Crippen MR) is 42.5 cm³/mol. The molecule has 0 unspecified atom stereocenters. The van der Waals surface area contributed by atoms with Gasteiger partial charge in [0.2, 0.25) is 0 Å². The average molecular weight is 167 g/mol. The molecule has 12 heavy (non-hydrogen) atoms. The second kappa shape index (κ2) is 3.23. The van der Waals surface area contributed by atoms with Crippen molar-refractivity contribution in [3.8, 4) is 5.75 Å². The van der Waals surface area contributed by atoms with Crippen molar-refractivity contribution in [1.29, 1.82) is 0 Å². The minimum Gasteiger partial charge on any atom is -0.507 e. The molecule has 4 N–H and O–H groups in total. The molecule has 0 spiro atoms. The lowest BCUT2D eigenvalue weighted by Crippen LogP contribution is -2.11. The number of aliphatic hydroxyl groups is 1. The molecule has 4 heteroatoms. The molecular weight excluding hydrogens is 158 g/mol. The van der Waals surface area contributed by atoms with E-state index in [2.05, 4.69) is 0 Å². The van der Waals surface area contributed by atoms with Gasteiger partial charge < -0.3 is 15.9 Å². The van der Waals surface area contributed by atoms with Gasteiger partial charge >= 0.3 is 0 Å². The summed E-state index contributed by atoms with van der Waals surface area (Å²) in [7, 11) is 0. The Labute approximate surface area is 69.3 Å². The Hall–Kier alpha value is -1.55. The number of aliphatic hydroxyl groups excluding tert-OH is 1. The molecule has 4 nitrogen and oxygen atoms in total. The Balaban J connectivity index is 3.23. The van der Waals surface area contributed by atoms with Crippen LogP contribution in [0.5, 0.6) is 5.75 Å². The van der Waals surface area contributed by atoms with Crippen molar-refractivity contribution in [2.45, 2.75) is 6.61 Å². The van der Waals surface area contributed by atoms with Crippen LogP contribution in [0.15, 0.2) is 18.2 Å². The van der Waals surface area contributed by atoms with Crippen molar-refractivity contribution in [3.05, 3.63) is 29.3 Å². The minimum atomic E-state index is -0.706. The number of phenols is 1. The van der Waals surface area contributed by atoms with Gasteiger partial charge in [0.15, 0.2) is 0 Å². The SMILES string of the molecule is NC(=O)c1cccc(CO)c1O. The summed E-state index contributed by atoms with van der Waals surface area (Å²) in [5.41, 5.74) is 5.28. The molecule has 1 amide bonds. The highest BCUT2D eigenvalue weighted by Crippen LogP contribution is 2.21. The van der Waals surface area contributed by atoms with Gasteiger partial charge in [0.25, 0.3) is 5.91 Å². The van der Waals surface area contributed by atoms with E-state index in [1.54, 1.807) is 6.07 Å². The second-order valence-corrected chi connectivity index (χ2v) is 2.34. The number of benzene rings is 1. The van der Waals surface area contributed by atoms with Crippen molar-refractivity contribution in [2.75, 3.05) is 0 Å². The summed E-state index contributed by atoms with van der Waals surface area (Å²) >= 11 is 0. The largest absolute Gasteiger partial charge is 0.507 e. The van der Waals surface area contributed by atoms with Crippen LogP contribution in [0, 0.1) is 0 Å². The summed E-state index contributed by atoms with van der Waals surface area (Å²) in [6.07, 6.45) is 0. The third kappa shape index (κ3) is 1.38. The molecule has 64 valence electrons. The van der Waals surface area contributed by atoms with Crippen molar-refractivity contribution in [3.63, 3.8) is 0 Å². The van der Waals surface area contributed by atoms with Crippen molar-refractivity contribution in [2.24, 2.45) is 5.73 Å². The Morgan fingerprint density at radius 1 is 1.50 bits per heavy atom. The molecule has 0 heterocycles. The topological polar surface area (TPSA) is 83.6 Å². The lowest BCUT2D eigenvalue weighted by molar-refractivity contribution is 0.0997. The van der Waals surface area contributed by atoms with E-state index in [4.69, 9.17) is 10.8 Å². The molecule has 0 bridgehead atoms. The van der Waals surface area contributed by atoms with Crippen LogP contribution >= 0.6 is 0 Å². The summed E-state index contributed by atoms with van der Waals surface area (Å²) in [6, 6.07) is 4.46. The van der Waals surface area contributed by atoms with Gasteiger partial charge in [-0.15, -0.1) is 0 Å². The van der Waals surface area contributed by atoms with E-state index in [1.807, 2.05) is 0 Å². The van der Waals surface area contributed by atoms with Gasteiger partial charge in [0.05, 0.1) is 12.2 Å². The first kappa shape index (κ1) is 8.55. The normalized spacial score (nSPS) is 9.75. The number of rotatable bonds is 2. The monoisotopic (exact) mass is 167 g/mol. The first-order valence-electron chi connectivity index (χ1n) is 3.38. The highest BCUT2D eigenvalue weighted by molar-refractivity contribution is 5.95. The number of hydrogen-bond donors (Lipinski definition) is 3. The Kier molecular flexibility index (Phi) is 2.30. The molecule has 1 aromatic rings. The zero-order chi connectivity index (χ0) is 9.14. The van der Waals surface area contributed by atoms with E-state index in [-0.39, 0.29) is 17.9 Å².